The van der Waals surface area contributed by atoms with Crippen LogP contribution in [-0.4, -0.2) is 22.3 Å². The summed E-state index contributed by atoms with van der Waals surface area (Å²) in [7, 11) is 0. The van der Waals surface area contributed by atoms with Gasteiger partial charge in [-0.25, -0.2) is 0 Å². The summed E-state index contributed by atoms with van der Waals surface area (Å²) >= 11 is 0. The average Bonchev–Trinajstić information content (AvgIpc) is 2.58. The van der Waals surface area contributed by atoms with E-state index in [0.29, 0.717) is 12.8 Å². The maximum Gasteiger partial charge on any atom is 0.303 e. The lowest BCUT2D eigenvalue weighted by Gasteiger charge is -1.98. The highest BCUT2D eigenvalue weighted by atomic mass is 16.4. The number of hydrogen-bond donors (Lipinski definition) is 2. The van der Waals surface area contributed by atoms with Crippen molar-refractivity contribution in [2.75, 3.05) is 0 Å². The Balaban J connectivity index is 3.73. The molecule has 0 aromatic rings. The largest absolute Gasteiger partial charge is 0.481 e. The predicted molar refractivity (Wildman–Crippen MR) is 106 cm³/mol. The molecule has 0 aromatic carbocycles. The molecule has 25 heavy (non-hydrogen) atoms. The maximum absolute atomic E-state index is 10.3. The van der Waals surface area contributed by atoms with Crippen molar-refractivity contribution in [1.82, 2.24) is 0 Å². The number of allylic oxidation sites excluding steroid dienone is 10. The standard InChI is InChI=1S/C22H32O3/c1-2-3-4-5-6-7-8-9-12-15-18-21(23)19-16-13-10-11-14-17-20-22(24)25/h3-4,6-7,9,11-16,18,21,23H,2,5,8,10,17,19-20H2,1H3,(H,24,25)/b4-3-,7-6+,12-9-,14-11-,16-13-,18-15+. The second-order valence-electron chi connectivity index (χ2n) is 5.55. The number of carboxylic acid groups (broad SMARTS) is 1. The Hall–Kier alpha value is -2.13. The fraction of sp³-hybridized carbons (Fsp3) is 0.409. The van der Waals surface area contributed by atoms with E-state index < -0.39 is 12.1 Å². The Morgan fingerprint density at radius 3 is 2.12 bits per heavy atom. The van der Waals surface area contributed by atoms with Gasteiger partial charge in [-0.1, -0.05) is 79.8 Å². The Kier molecular flexibility index (Phi) is 16.7. The van der Waals surface area contributed by atoms with E-state index in [1.54, 1.807) is 6.08 Å². The van der Waals surface area contributed by atoms with Gasteiger partial charge in [0.05, 0.1) is 6.10 Å². The lowest BCUT2D eigenvalue weighted by Crippen LogP contribution is -1.98. The molecule has 0 aliphatic rings. The number of carboxylic acids is 1. The number of rotatable bonds is 14. The summed E-state index contributed by atoms with van der Waals surface area (Å²) in [6.07, 6.45) is 28.5. The topological polar surface area (TPSA) is 57.5 Å². The third-order valence-corrected chi connectivity index (χ3v) is 3.20. The minimum atomic E-state index is -0.774. The Morgan fingerprint density at radius 1 is 0.840 bits per heavy atom. The van der Waals surface area contributed by atoms with Crippen molar-refractivity contribution < 1.29 is 15.0 Å². The van der Waals surface area contributed by atoms with Crippen LogP contribution >= 0.6 is 0 Å². The van der Waals surface area contributed by atoms with Crippen LogP contribution in [0.15, 0.2) is 72.9 Å². The van der Waals surface area contributed by atoms with Gasteiger partial charge in [-0.15, -0.1) is 0 Å². The molecule has 3 nitrogen and oxygen atoms in total. The van der Waals surface area contributed by atoms with Crippen LogP contribution in [0.4, 0.5) is 0 Å². The number of hydrogen-bond acceptors (Lipinski definition) is 2. The number of aliphatic hydroxyl groups is 1. The van der Waals surface area contributed by atoms with E-state index in [0.717, 1.165) is 25.7 Å². The minimum Gasteiger partial charge on any atom is -0.481 e. The van der Waals surface area contributed by atoms with Gasteiger partial charge >= 0.3 is 5.97 Å². The van der Waals surface area contributed by atoms with Gasteiger partial charge in [0.25, 0.3) is 0 Å². The average molecular weight is 344 g/mol. The van der Waals surface area contributed by atoms with E-state index in [2.05, 4.69) is 37.3 Å². The fourth-order valence-corrected chi connectivity index (χ4v) is 1.87. The van der Waals surface area contributed by atoms with Crippen LogP contribution in [0.1, 0.15) is 51.9 Å². The molecule has 0 radical (unpaired) electrons. The second kappa shape index (κ2) is 18.2. The molecule has 0 rings (SSSR count). The molecule has 0 amide bonds. The van der Waals surface area contributed by atoms with E-state index in [-0.39, 0.29) is 6.42 Å². The van der Waals surface area contributed by atoms with Crippen molar-refractivity contribution >= 4 is 5.97 Å². The van der Waals surface area contributed by atoms with Crippen LogP contribution in [0.25, 0.3) is 0 Å². The van der Waals surface area contributed by atoms with Gasteiger partial charge in [-0.3, -0.25) is 4.79 Å². The molecule has 1 unspecified atom stereocenters. The van der Waals surface area contributed by atoms with Gasteiger partial charge in [0.2, 0.25) is 0 Å². The molecule has 1 atom stereocenters. The molecule has 0 bridgehead atoms. The zero-order valence-electron chi connectivity index (χ0n) is 15.3. The number of aliphatic carboxylic acids is 1. The molecule has 0 aliphatic heterocycles. The van der Waals surface area contributed by atoms with Crippen LogP contribution in [0, 0.1) is 0 Å². The fourth-order valence-electron chi connectivity index (χ4n) is 1.87. The first-order valence-corrected chi connectivity index (χ1v) is 9.00. The van der Waals surface area contributed by atoms with Crippen molar-refractivity contribution in [3.63, 3.8) is 0 Å². The van der Waals surface area contributed by atoms with Crippen molar-refractivity contribution in [3.05, 3.63) is 72.9 Å². The molecule has 2 N–H and O–H groups in total. The van der Waals surface area contributed by atoms with E-state index in [1.165, 1.54) is 0 Å². The molecule has 0 aromatic heterocycles. The molecule has 0 fully saturated rings. The molecule has 0 spiro atoms. The van der Waals surface area contributed by atoms with Crippen molar-refractivity contribution in [3.8, 4) is 0 Å². The molecule has 0 heterocycles. The molecule has 3 heteroatoms. The molecule has 0 saturated heterocycles. The lowest BCUT2D eigenvalue weighted by molar-refractivity contribution is -0.136. The van der Waals surface area contributed by atoms with E-state index in [9.17, 15) is 9.90 Å². The van der Waals surface area contributed by atoms with Crippen LogP contribution in [-0.2, 0) is 4.79 Å². The van der Waals surface area contributed by atoms with Gasteiger partial charge < -0.3 is 10.2 Å². The van der Waals surface area contributed by atoms with Gasteiger partial charge in [0.15, 0.2) is 0 Å². The van der Waals surface area contributed by atoms with Gasteiger partial charge in [-0.2, -0.15) is 0 Å². The summed E-state index contributed by atoms with van der Waals surface area (Å²) in [6.45, 7) is 2.13. The predicted octanol–water partition coefficient (Wildman–Crippen LogP) is 5.52. The smallest absolute Gasteiger partial charge is 0.303 e. The molecule has 0 aliphatic carbocycles. The molecular weight excluding hydrogens is 312 g/mol. The Bertz CT molecular complexity index is 493. The summed E-state index contributed by atoms with van der Waals surface area (Å²) < 4.78 is 0. The highest BCUT2D eigenvalue weighted by Gasteiger charge is 1.93. The number of aliphatic hydroxyl groups excluding tert-OH is 1. The second-order valence-corrected chi connectivity index (χ2v) is 5.55. The van der Waals surface area contributed by atoms with Crippen LogP contribution in [0.2, 0.25) is 0 Å². The molecule has 0 saturated carbocycles. The van der Waals surface area contributed by atoms with Gasteiger partial charge in [0.1, 0.15) is 0 Å². The highest BCUT2D eigenvalue weighted by molar-refractivity contribution is 5.66. The summed E-state index contributed by atoms with van der Waals surface area (Å²) in [6, 6.07) is 0. The first-order valence-electron chi connectivity index (χ1n) is 9.00. The van der Waals surface area contributed by atoms with Crippen LogP contribution in [0.5, 0.6) is 0 Å². The first kappa shape index (κ1) is 22.9. The summed E-state index contributed by atoms with van der Waals surface area (Å²) in [5.41, 5.74) is 0. The van der Waals surface area contributed by atoms with Crippen LogP contribution < -0.4 is 0 Å². The zero-order valence-corrected chi connectivity index (χ0v) is 15.3. The maximum atomic E-state index is 10.3. The summed E-state index contributed by atoms with van der Waals surface area (Å²) in [5.74, 6) is -0.774. The molecule has 138 valence electrons. The third-order valence-electron chi connectivity index (χ3n) is 3.20. The van der Waals surface area contributed by atoms with Crippen LogP contribution in [0.3, 0.4) is 0 Å². The SMILES string of the molecule is CC/C=C\C/C=C/C/C=C\C=C\C(O)C/C=C\C/C=C\CCC(=O)O. The lowest BCUT2D eigenvalue weighted by atomic mass is 10.2. The van der Waals surface area contributed by atoms with Crippen molar-refractivity contribution in [1.29, 1.82) is 0 Å². The Labute approximate surface area is 152 Å². The minimum absolute atomic E-state index is 0.170. The summed E-state index contributed by atoms with van der Waals surface area (Å²) in [5, 5.41) is 18.3. The quantitative estimate of drug-likeness (QED) is 0.322. The third kappa shape index (κ3) is 19.8. The first-order chi connectivity index (χ1) is 12.2. The van der Waals surface area contributed by atoms with E-state index in [4.69, 9.17) is 5.11 Å². The highest BCUT2D eigenvalue weighted by Crippen LogP contribution is 1.99. The summed E-state index contributed by atoms with van der Waals surface area (Å²) in [4.78, 5) is 10.3. The van der Waals surface area contributed by atoms with Crippen molar-refractivity contribution in [2.45, 2.75) is 58.0 Å². The molecular formula is C22H32O3. The van der Waals surface area contributed by atoms with Gasteiger partial charge in [0, 0.05) is 6.42 Å². The monoisotopic (exact) mass is 344 g/mol. The zero-order chi connectivity index (χ0) is 18.6. The van der Waals surface area contributed by atoms with Gasteiger partial charge in [-0.05, 0) is 38.5 Å². The number of carbonyl (C=O) groups is 1. The van der Waals surface area contributed by atoms with Crippen molar-refractivity contribution in [2.24, 2.45) is 0 Å². The normalized spacial score (nSPS) is 14.3. The van der Waals surface area contributed by atoms with E-state index >= 15 is 0 Å². The Morgan fingerprint density at radius 2 is 1.44 bits per heavy atom. The van der Waals surface area contributed by atoms with E-state index in [1.807, 2.05) is 36.5 Å².